The molecule has 0 unspecified atom stereocenters. The lowest BCUT2D eigenvalue weighted by Gasteiger charge is -2.11. The summed E-state index contributed by atoms with van der Waals surface area (Å²) in [6.07, 6.45) is -4.47. The summed E-state index contributed by atoms with van der Waals surface area (Å²) in [6.45, 7) is 2.03. The Hall–Kier alpha value is -2.25. The molecule has 5 nitrogen and oxygen atoms in total. The quantitative estimate of drug-likeness (QED) is 0.801. The molecule has 0 aliphatic rings. The Bertz CT molecular complexity index is 559. The van der Waals surface area contributed by atoms with Crippen LogP contribution in [0.5, 0.6) is 5.75 Å². The molecule has 0 aliphatic heterocycles. The fourth-order valence-electron chi connectivity index (χ4n) is 1.66. The van der Waals surface area contributed by atoms with Crippen LogP contribution in [0.1, 0.15) is 17.5 Å². The molecule has 0 atom stereocenters. The van der Waals surface area contributed by atoms with Crippen molar-refractivity contribution in [3.63, 3.8) is 0 Å². The number of carbonyl (C=O) groups excluding carboxylic acids is 2. The van der Waals surface area contributed by atoms with Gasteiger partial charge in [0.2, 0.25) is 11.8 Å². The van der Waals surface area contributed by atoms with Crippen LogP contribution in [0.3, 0.4) is 0 Å². The number of rotatable bonds is 7. The monoisotopic (exact) mass is 332 g/mol. The highest BCUT2D eigenvalue weighted by molar-refractivity contribution is 5.84. The third-order valence-corrected chi connectivity index (χ3v) is 3.07. The van der Waals surface area contributed by atoms with E-state index in [1.165, 1.54) is 0 Å². The van der Waals surface area contributed by atoms with E-state index in [0.29, 0.717) is 5.75 Å². The van der Waals surface area contributed by atoms with Crippen molar-refractivity contribution in [2.24, 2.45) is 0 Å². The van der Waals surface area contributed by atoms with Gasteiger partial charge in [-0.1, -0.05) is 12.1 Å². The van der Waals surface area contributed by atoms with Crippen molar-refractivity contribution in [3.8, 4) is 5.75 Å². The van der Waals surface area contributed by atoms with Crippen molar-refractivity contribution in [3.05, 3.63) is 29.3 Å². The summed E-state index contributed by atoms with van der Waals surface area (Å²) >= 11 is 0. The standard InChI is InChI=1S/C15H19F3N2O3/c1-10-4-3-5-12(11(10)2)23-7-6-13(21)19-8-14(22)20-9-15(16,17)18/h3-5H,6-9H2,1-2H3,(H,19,21)(H,20,22). The zero-order valence-electron chi connectivity index (χ0n) is 12.9. The molecule has 0 spiro atoms. The van der Waals surface area contributed by atoms with E-state index in [2.05, 4.69) is 5.32 Å². The zero-order chi connectivity index (χ0) is 17.5. The van der Waals surface area contributed by atoms with E-state index in [4.69, 9.17) is 4.74 Å². The minimum atomic E-state index is -4.47. The fourth-order valence-corrected chi connectivity index (χ4v) is 1.66. The fraction of sp³-hybridized carbons (Fsp3) is 0.467. The number of ether oxygens (including phenoxy) is 1. The van der Waals surface area contributed by atoms with Crippen LogP contribution >= 0.6 is 0 Å². The third-order valence-electron chi connectivity index (χ3n) is 3.07. The van der Waals surface area contributed by atoms with E-state index in [0.717, 1.165) is 11.1 Å². The minimum absolute atomic E-state index is 0.0000667. The van der Waals surface area contributed by atoms with E-state index in [9.17, 15) is 22.8 Å². The number of nitrogens with one attached hydrogen (secondary N) is 2. The molecule has 1 rings (SSSR count). The van der Waals surface area contributed by atoms with Gasteiger partial charge in [-0.3, -0.25) is 9.59 Å². The molecule has 23 heavy (non-hydrogen) atoms. The number of halogens is 3. The number of aryl methyl sites for hydroxylation is 1. The second-order valence-electron chi connectivity index (χ2n) is 4.97. The molecule has 0 fully saturated rings. The third kappa shape index (κ3) is 7.53. The Kier molecular flexibility index (Phi) is 6.87. The number of amides is 2. The maximum atomic E-state index is 11.9. The topological polar surface area (TPSA) is 67.4 Å². The summed E-state index contributed by atoms with van der Waals surface area (Å²) in [6, 6.07) is 5.56. The van der Waals surface area contributed by atoms with Gasteiger partial charge in [0.25, 0.3) is 0 Å². The largest absolute Gasteiger partial charge is 0.493 e. The number of benzene rings is 1. The van der Waals surface area contributed by atoms with Crippen molar-refractivity contribution in [1.29, 1.82) is 0 Å². The predicted molar refractivity (Wildman–Crippen MR) is 78.1 cm³/mol. The lowest BCUT2D eigenvalue weighted by molar-refractivity contribution is -0.138. The van der Waals surface area contributed by atoms with Crippen LogP contribution in [0.4, 0.5) is 13.2 Å². The van der Waals surface area contributed by atoms with E-state index in [1.54, 1.807) is 11.4 Å². The second-order valence-corrected chi connectivity index (χ2v) is 4.97. The van der Waals surface area contributed by atoms with Crippen LogP contribution in [0.25, 0.3) is 0 Å². The SMILES string of the molecule is Cc1cccc(OCCC(=O)NCC(=O)NCC(F)(F)F)c1C. The smallest absolute Gasteiger partial charge is 0.405 e. The first-order chi connectivity index (χ1) is 10.7. The van der Waals surface area contributed by atoms with Crippen molar-refractivity contribution in [2.45, 2.75) is 26.4 Å². The maximum Gasteiger partial charge on any atom is 0.405 e. The second kappa shape index (κ2) is 8.40. The van der Waals surface area contributed by atoms with Crippen molar-refractivity contribution in [2.75, 3.05) is 19.7 Å². The van der Waals surface area contributed by atoms with Crippen molar-refractivity contribution < 1.29 is 27.5 Å². The molecule has 0 heterocycles. The summed E-state index contributed by atoms with van der Waals surface area (Å²) < 4.78 is 41.1. The van der Waals surface area contributed by atoms with Gasteiger partial charge >= 0.3 is 6.18 Å². The van der Waals surface area contributed by atoms with Gasteiger partial charge in [-0.2, -0.15) is 13.2 Å². The molecule has 0 aliphatic carbocycles. The average molecular weight is 332 g/mol. The summed E-state index contributed by atoms with van der Waals surface area (Å²) in [7, 11) is 0. The van der Waals surface area contributed by atoms with Gasteiger partial charge in [-0.05, 0) is 31.0 Å². The molecule has 0 saturated carbocycles. The average Bonchev–Trinajstić information content (AvgIpc) is 2.46. The Balaban J connectivity index is 2.24. The zero-order valence-corrected chi connectivity index (χ0v) is 12.9. The van der Waals surface area contributed by atoms with Crippen LogP contribution in [0.2, 0.25) is 0 Å². The molecule has 2 amide bonds. The Morgan fingerprint density at radius 2 is 1.83 bits per heavy atom. The van der Waals surface area contributed by atoms with Crippen LogP contribution in [0, 0.1) is 13.8 Å². The van der Waals surface area contributed by atoms with Gasteiger partial charge in [-0.25, -0.2) is 0 Å². The summed E-state index contributed by atoms with van der Waals surface area (Å²) in [4.78, 5) is 22.6. The molecule has 0 aromatic heterocycles. The molecule has 128 valence electrons. The molecule has 0 radical (unpaired) electrons. The molecule has 1 aromatic carbocycles. The molecule has 2 N–H and O–H groups in total. The molecular formula is C15H19F3N2O3. The molecule has 0 bridgehead atoms. The summed E-state index contributed by atoms with van der Waals surface area (Å²) in [5.41, 5.74) is 2.03. The number of carbonyl (C=O) groups is 2. The van der Waals surface area contributed by atoms with Gasteiger partial charge in [0, 0.05) is 0 Å². The van der Waals surface area contributed by atoms with Crippen LogP contribution in [0.15, 0.2) is 18.2 Å². The Morgan fingerprint density at radius 3 is 2.48 bits per heavy atom. The van der Waals surface area contributed by atoms with Gasteiger partial charge in [0.15, 0.2) is 0 Å². The van der Waals surface area contributed by atoms with Gasteiger partial charge < -0.3 is 15.4 Å². The molecule has 1 aromatic rings. The van der Waals surface area contributed by atoms with Gasteiger partial charge in [0.05, 0.1) is 19.6 Å². The first-order valence-corrected chi connectivity index (χ1v) is 6.98. The Morgan fingerprint density at radius 1 is 1.13 bits per heavy atom. The van der Waals surface area contributed by atoms with Crippen LogP contribution in [-0.2, 0) is 9.59 Å². The van der Waals surface area contributed by atoms with E-state index in [1.807, 2.05) is 26.0 Å². The molecule has 0 saturated heterocycles. The molecule has 8 heteroatoms. The van der Waals surface area contributed by atoms with Crippen molar-refractivity contribution >= 4 is 11.8 Å². The highest BCUT2D eigenvalue weighted by Crippen LogP contribution is 2.20. The normalized spacial score (nSPS) is 11.0. The van der Waals surface area contributed by atoms with E-state index < -0.39 is 31.1 Å². The van der Waals surface area contributed by atoms with E-state index >= 15 is 0 Å². The van der Waals surface area contributed by atoms with Crippen LogP contribution in [-0.4, -0.2) is 37.7 Å². The lowest BCUT2D eigenvalue weighted by atomic mass is 10.1. The summed E-state index contributed by atoms with van der Waals surface area (Å²) in [5, 5.41) is 3.90. The highest BCUT2D eigenvalue weighted by atomic mass is 19.4. The Labute approximate surface area is 132 Å². The first kappa shape index (κ1) is 18.8. The van der Waals surface area contributed by atoms with Crippen molar-refractivity contribution in [1.82, 2.24) is 10.6 Å². The summed E-state index contributed by atoms with van der Waals surface area (Å²) in [5.74, 6) is -0.704. The van der Waals surface area contributed by atoms with Crippen LogP contribution < -0.4 is 15.4 Å². The van der Waals surface area contributed by atoms with Gasteiger partial charge in [-0.15, -0.1) is 0 Å². The number of hydrogen-bond donors (Lipinski definition) is 2. The maximum absolute atomic E-state index is 11.9. The van der Waals surface area contributed by atoms with Gasteiger partial charge in [0.1, 0.15) is 12.3 Å². The molecular weight excluding hydrogens is 313 g/mol. The number of hydrogen-bond acceptors (Lipinski definition) is 3. The highest BCUT2D eigenvalue weighted by Gasteiger charge is 2.27. The van der Waals surface area contributed by atoms with E-state index in [-0.39, 0.29) is 13.0 Å². The first-order valence-electron chi connectivity index (χ1n) is 6.98. The predicted octanol–water partition coefficient (Wildman–Crippen LogP) is 1.87. The lowest BCUT2D eigenvalue weighted by Crippen LogP contribution is -2.41. The minimum Gasteiger partial charge on any atom is -0.493 e. The number of alkyl halides is 3.